The van der Waals surface area contributed by atoms with E-state index in [0.29, 0.717) is 24.4 Å². The van der Waals surface area contributed by atoms with Crippen molar-refractivity contribution in [2.75, 3.05) is 6.54 Å². The fourth-order valence-corrected chi connectivity index (χ4v) is 2.07. The van der Waals surface area contributed by atoms with Crippen molar-refractivity contribution in [1.29, 1.82) is 0 Å². The lowest BCUT2D eigenvalue weighted by atomic mass is 10.1. The predicted octanol–water partition coefficient (Wildman–Crippen LogP) is 2.94. The van der Waals surface area contributed by atoms with Crippen LogP contribution in [0.2, 0.25) is 0 Å². The number of hydrogen-bond donors (Lipinski definition) is 1. The summed E-state index contributed by atoms with van der Waals surface area (Å²) in [5.74, 6) is 1.96. The van der Waals surface area contributed by atoms with E-state index in [1.165, 1.54) is 5.56 Å². The van der Waals surface area contributed by atoms with Gasteiger partial charge in [-0.05, 0) is 37.6 Å². The Morgan fingerprint density at radius 2 is 2.15 bits per heavy atom. The van der Waals surface area contributed by atoms with Crippen molar-refractivity contribution >= 4 is 0 Å². The quantitative estimate of drug-likeness (QED) is 0.878. The highest BCUT2D eigenvalue weighted by Gasteiger charge is 2.08. The number of rotatable bonds is 6. The van der Waals surface area contributed by atoms with E-state index in [2.05, 4.69) is 41.4 Å². The first-order chi connectivity index (χ1) is 9.60. The van der Waals surface area contributed by atoms with Gasteiger partial charge in [0.1, 0.15) is 5.75 Å². The molecule has 1 atom stereocenters. The summed E-state index contributed by atoms with van der Waals surface area (Å²) in [6, 6.07) is 6.56. The Morgan fingerprint density at radius 3 is 2.75 bits per heavy atom. The van der Waals surface area contributed by atoms with Crippen LogP contribution in [0.15, 0.2) is 22.7 Å². The van der Waals surface area contributed by atoms with E-state index in [9.17, 15) is 0 Å². The molecule has 0 bridgehead atoms. The number of hydrogen-bond acceptors (Lipinski definition) is 5. The van der Waals surface area contributed by atoms with Crippen LogP contribution in [0.1, 0.15) is 42.7 Å². The lowest BCUT2D eigenvalue weighted by Crippen LogP contribution is -2.17. The van der Waals surface area contributed by atoms with E-state index in [0.717, 1.165) is 17.9 Å². The molecule has 0 radical (unpaired) electrons. The van der Waals surface area contributed by atoms with Crippen LogP contribution < -0.4 is 10.1 Å². The zero-order valence-corrected chi connectivity index (χ0v) is 12.4. The highest BCUT2D eigenvalue weighted by Crippen LogP contribution is 2.23. The molecule has 0 aliphatic carbocycles. The van der Waals surface area contributed by atoms with Gasteiger partial charge in [0.25, 0.3) is 0 Å². The zero-order chi connectivity index (χ0) is 14.5. The molecule has 0 amide bonds. The molecule has 1 aromatic carbocycles. The minimum absolute atomic E-state index is 0.320. The van der Waals surface area contributed by atoms with Gasteiger partial charge in [-0.15, -0.1) is 0 Å². The summed E-state index contributed by atoms with van der Waals surface area (Å²) in [7, 11) is 0. The van der Waals surface area contributed by atoms with Gasteiger partial charge in [-0.3, -0.25) is 0 Å². The summed E-state index contributed by atoms with van der Waals surface area (Å²) in [4.78, 5) is 4.11. The van der Waals surface area contributed by atoms with Crippen LogP contribution in [0, 0.1) is 13.8 Å². The Balaban J connectivity index is 2.02. The van der Waals surface area contributed by atoms with Crippen molar-refractivity contribution < 1.29 is 9.26 Å². The van der Waals surface area contributed by atoms with Crippen LogP contribution in [-0.2, 0) is 6.61 Å². The highest BCUT2D eigenvalue weighted by atomic mass is 16.5. The van der Waals surface area contributed by atoms with Crippen LogP contribution in [-0.4, -0.2) is 16.7 Å². The molecule has 1 unspecified atom stereocenters. The van der Waals surface area contributed by atoms with E-state index in [-0.39, 0.29) is 0 Å². The van der Waals surface area contributed by atoms with Crippen LogP contribution in [0.3, 0.4) is 0 Å². The molecular weight excluding hydrogens is 254 g/mol. The highest BCUT2D eigenvalue weighted by molar-refractivity contribution is 5.37. The summed E-state index contributed by atoms with van der Waals surface area (Å²) in [6.45, 7) is 9.34. The van der Waals surface area contributed by atoms with Crippen LogP contribution in [0.25, 0.3) is 0 Å². The van der Waals surface area contributed by atoms with Crippen molar-refractivity contribution in [2.24, 2.45) is 0 Å². The smallest absolute Gasteiger partial charge is 0.223 e. The number of benzene rings is 1. The number of nitrogens with zero attached hydrogens (tertiary/aromatic N) is 2. The molecule has 0 saturated heterocycles. The van der Waals surface area contributed by atoms with Crippen molar-refractivity contribution in [1.82, 2.24) is 15.5 Å². The monoisotopic (exact) mass is 275 g/mol. The third-order valence-electron chi connectivity index (χ3n) is 3.14. The van der Waals surface area contributed by atoms with Gasteiger partial charge < -0.3 is 14.6 Å². The maximum absolute atomic E-state index is 5.73. The lowest BCUT2D eigenvalue weighted by Gasteiger charge is -2.15. The number of nitrogens with one attached hydrogen (secondary N) is 1. The molecular formula is C15H21N3O2. The van der Waals surface area contributed by atoms with E-state index in [4.69, 9.17) is 9.26 Å². The van der Waals surface area contributed by atoms with Gasteiger partial charge in [0.05, 0.1) is 0 Å². The summed E-state index contributed by atoms with van der Waals surface area (Å²) in [6.07, 6.45) is 0. The molecule has 0 spiro atoms. The fourth-order valence-electron chi connectivity index (χ4n) is 2.07. The number of aryl methyl sites for hydroxylation is 2. The Bertz CT molecular complexity index is 566. The van der Waals surface area contributed by atoms with E-state index < -0.39 is 0 Å². The van der Waals surface area contributed by atoms with Crippen LogP contribution in [0.4, 0.5) is 0 Å². The minimum Gasteiger partial charge on any atom is -0.485 e. The van der Waals surface area contributed by atoms with Crippen LogP contribution in [0.5, 0.6) is 5.75 Å². The van der Waals surface area contributed by atoms with Gasteiger partial charge in [-0.25, -0.2) is 0 Å². The molecule has 2 rings (SSSR count). The SMILES string of the molecule is CCNC(C)c1ccc(OCc2noc(C)n2)c(C)c1. The Hall–Kier alpha value is -1.88. The van der Waals surface area contributed by atoms with Crippen molar-refractivity contribution in [3.05, 3.63) is 41.0 Å². The number of aromatic nitrogens is 2. The normalized spacial score (nSPS) is 12.4. The Labute approximate surface area is 119 Å². The molecule has 5 nitrogen and oxygen atoms in total. The van der Waals surface area contributed by atoms with Gasteiger partial charge in [0.15, 0.2) is 6.61 Å². The summed E-state index contributed by atoms with van der Waals surface area (Å²) in [5.41, 5.74) is 2.36. The average molecular weight is 275 g/mol. The van der Waals surface area contributed by atoms with Gasteiger partial charge in [0, 0.05) is 13.0 Å². The van der Waals surface area contributed by atoms with Gasteiger partial charge in [-0.2, -0.15) is 4.98 Å². The van der Waals surface area contributed by atoms with E-state index in [1.54, 1.807) is 6.92 Å². The summed E-state index contributed by atoms with van der Waals surface area (Å²) >= 11 is 0. The summed E-state index contributed by atoms with van der Waals surface area (Å²) < 4.78 is 10.6. The molecule has 1 N–H and O–H groups in total. The van der Waals surface area contributed by atoms with Crippen molar-refractivity contribution in [3.8, 4) is 5.75 Å². The molecule has 0 fully saturated rings. The molecule has 5 heteroatoms. The van der Waals surface area contributed by atoms with E-state index in [1.807, 2.05) is 13.0 Å². The minimum atomic E-state index is 0.320. The maximum atomic E-state index is 5.73. The molecule has 0 saturated carbocycles. The fraction of sp³-hybridized carbons (Fsp3) is 0.467. The van der Waals surface area contributed by atoms with Crippen LogP contribution >= 0.6 is 0 Å². The molecule has 2 aromatic rings. The second kappa shape index (κ2) is 6.52. The van der Waals surface area contributed by atoms with Gasteiger partial charge in [0.2, 0.25) is 11.7 Å². The molecule has 108 valence electrons. The molecule has 0 aliphatic heterocycles. The standard InChI is InChI=1S/C15H21N3O2/c1-5-16-11(3)13-6-7-14(10(2)8-13)19-9-15-17-12(4)20-18-15/h6-8,11,16H,5,9H2,1-4H3. The predicted molar refractivity (Wildman–Crippen MR) is 76.6 cm³/mol. The molecule has 1 heterocycles. The lowest BCUT2D eigenvalue weighted by molar-refractivity contribution is 0.284. The number of ether oxygens (including phenoxy) is 1. The molecule has 0 aliphatic rings. The first-order valence-electron chi connectivity index (χ1n) is 6.86. The Morgan fingerprint density at radius 1 is 1.35 bits per heavy atom. The summed E-state index contributed by atoms with van der Waals surface area (Å²) in [5, 5.41) is 7.21. The first kappa shape index (κ1) is 14.5. The van der Waals surface area contributed by atoms with E-state index >= 15 is 0 Å². The molecule has 20 heavy (non-hydrogen) atoms. The zero-order valence-electron chi connectivity index (χ0n) is 12.4. The first-order valence-corrected chi connectivity index (χ1v) is 6.86. The van der Waals surface area contributed by atoms with Crippen molar-refractivity contribution in [3.63, 3.8) is 0 Å². The topological polar surface area (TPSA) is 60.2 Å². The second-order valence-electron chi connectivity index (χ2n) is 4.82. The third kappa shape index (κ3) is 3.57. The van der Waals surface area contributed by atoms with Gasteiger partial charge >= 0.3 is 0 Å². The molecule has 1 aromatic heterocycles. The average Bonchev–Trinajstić information content (AvgIpc) is 2.83. The largest absolute Gasteiger partial charge is 0.485 e. The van der Waals surface area contributed by atoms with Gasteiger partial charge in [-0.1, -0.05) is 24.2 Å². The Kier molecular flexibility index (Phi) is 4.74. The second-order valence-corrected chi connectivity index (χ2v) is 4.82. The maximum Gasteiger partial charge on any atom is 0.223 e. The van der Waals surface area contributed by atoms with Crippen molar-refractivity contribution in [2.45, 2.75) is 40.3 Å². The third-order valence-corrected chi connectivity index (χ3v) is 3.14.